The number of rotatable bonds is 6. The summed E-state index contributed by atoms with van der Waals surface area (Å²) in [4.78, 5) is 36.4. The van der Waals surface area contributed by atoms with Gasteiger partial charge in [0, 0.05) is 0 Å². The lowest BCUT2D eigenvalue weighted by molar-refractivity contribution is -0.980. The zero-order chi connectivity index (χ0) is 11.4. The first-order valence-electron chi connectivity index (χ1n) is 3.90. The van der Waals surface area contributed by atoms with Crippen LogP contribution in [0.5, 0.6) is 0 Å². The highest BCUT2D eigenvalue weighted by atomic mass is 17.0. The Kier molecular flexibility index (Phi) is 12.1. The Morgan fingerprint density at radius 3 is 1.36 bits per heavy atom. The van der Waals surface area contributed by atoms with Crippen LogP contribution in [0.2, 0.25) is 0 Å². The van der Waals surface area contributed by atoms with Crippen molar-refractivity contribution in [1.82, 2.24) is 0 Å². The highest BCUT2D eigenvalue weighted by Gasteiger charge is 2.05. The van der Waals surface area contributed by atoms with Gasteiger partial charge in [0.05, 0.1) is 0 Å². The van der Waals surface area contributed by atoms with Crippen LogP contribution in [0, 0.1) is 9.81 Å². The zero-order valence-electron chi connectivity index (χ0n) is 8.76. The molecule has 0 spiro atoms. The number of nitrogens with zero attached hydrogens (tertiary/aromatic N) is 2. The molecule has 0 fully saturated rings. The average molecular weight is 212 g/mol. The van der Waals surface area contributed by atoms with Crippen LogP contribution in [0.4, 0.5) is 0 Å². The Labute approximate surface area is 81.6 Å². The van der Waals surface area contributed by atoms with Gasteiger partial charge in [-0.1, -0.05) is 0 Å². The molecule has 0 unspecified atom stereocenters. The first-order chi connectivity index (χ1) is 6.62. The van der Waals surface area contributed by atoms with E-state index in [1.54, 1.807) is 13.8 Å². The van der Waals surface area contributed by atoms with E-state index in [0.717, 1.165) is 0 Å². The third-order valence-electron chi connectivity index (χ3n) is 0.767. The molecule has 0 aromatic rings. The Bertz CT molecular complexity index is 148. The van der Waals surface area contributed by atoms with E-state index in [1.807, 2.05) is 0 Å². The van der Waals surface area contributed by atoms with Gasteiger partial charge in [-0.25, -0.2) is 0 Å². The SMILES string of the molecule is CCO[N+](=O)OCC.CO[N+](=O)OC. The van der Waals surface area contributed by atoms with Crippen molar-refractivity contribution < 1.29 is 29.5 Å². The summed E-state index contributed by atoms with van der Waals surface area (Å²) in [6.45, 7) is 4.10. The predicted molar refractivity (Wildman–Crippen MR) is 44.5 cm³/mol. The van der Waals surface area contributed by atoms with Gasteiger partial charge in [0.25, 0.3) is 0 Å². The van der Waals surface area contributed by atoms with Crippen LogP contribution in [0.15, 0.2) is 0 Å². The molecule has 8 nitrogen and oxygen atoms in total. The molecule has 14 heavy (non-hydrogen) atoms. The highest BCUT2D eigenvalue weighted by molar-refractivity contribution is 3.93. The molecule has 0 atom stereocenters. The van der Waals surface area contributed by atoms with Crippen LogP contribution >= 0.6 is 0 Å². The van der Waals surface area contributed by atoms with Gasteiger partial charge in [-0.3, -0.25) is 0 Å². The summed E-state index contributed by atoms with van der Waals surface area (Å²) >= 11 is 0. The maximum absolute atomic E-state index is 10.1. The van der Waals surface area contributed by atoms with E-state index in [1.165, 1.54) is 14.2 Å². The van der Waals surface area contributed by atoms with Crippen LogP contribution in [-0.2, 0) is 19.4 Å². The monoisotopic (exact) mass is 212 g/mol. The van der Waals surface area contributed by atoms with Gasteiger partial charge >= 0.3 is 10.2 Å². The van der Waals surface area contributed by atoms with Gasteiger partial charge in [0.1, 0.15) is 9.81 Å². The molecular formula is C6H16N2O6+2. The van der Waals surface area contributed by atoms with Crippen molar-refractivity contribution in [2.45, 2.75) is 13.8 Å². The Hall–Kier alpha value is -1.60. The Morgan fingerprint density at radius 2 is 1.21 bits per heavy atom. The molecule has 0 aliphatic carbocycles. The summed E-state index contributed by atoms with van der Waals surface area (Å²) in [5, 5.41) is 0.111. The number of hydrogen-bond acceptors (Lipinski definition) is 6. The topological polar surface area (TPSA) is 77.1 Å². The Morgan fingerprint density at radius 1 is 0.857 bits per heavy atom. The van der Waals surface area contributed by atoms with Gasteiger partial charge < -0.3 is 0 Å². The van der Waals surface area contributed by atoms with Crippen molar-refractivity contribution in [3.8, 4) is 0 Å². The predicted octanol–water partition coefficient (Wildman–Crippen LogP) is 0.556. The average Bonchev–Trinajstić information content (AvgIpc) is 2.18. The van der Waals surface area contributed by atoms with Crippen LogP contribution in [0.3, 0.4) is 0 Å². The molecule has 0 saturated carbocycles. The van der Waals surface area contributed by atoms with E-state index in [9.17, 15) is 9.81 Å². The molecule has 0 aliphatic heterocycles. The fraction of sp³-hybridized carbons (Fsp3) is 1.00. The normalized spacial score (nSPS) is 7.71. The largest absolute Gasteiger partial charge is 0.477 e. The summed E-state index contributed by atoms with van der Waals surface area (Å²) in [6, 6.07) is 0. The standard InChI is InChI=1S/C4H10NO3.C2H6NO3/c1-3-7-5(6)8-4-2;1-5-3(4)6-2/h3-4H2,1-2H3;1-2H3/q2*+1. The molecule has 0 bridgehead atoms. The smallest absolute Gasteiger partial charge is 0.190 e. The second kappa shape index (κ2) is 11.4. The first-order valence-corrected chi connectivity index (χ1v) is 3.90. The second-order valence-electron chi connectivity index (χ2n) is 1.65. The second-order valence-corrected chi connectivity index (χ2v) is 1.65. The first kappa shape index (κ1) is 14.9. The molecule has 0 aromatic carbocycles. The molecule has 0 saturated heterocycles. The Balaban J connectivity index is 0. The molecule has 0 radical (unpaired) electrons. The lowest BCUT2D eigenvalue weighted by Crippen LogP contribution is -2.09. The molecule has 8 heteroatoms. The molecule has 0 rings (SSSR count). The van der Waals surface area contributed by atoms with Crippen molar-refractivity contribution in [3.63, 3.8) is 0 Å². The highest BCUT2D eigenvalue weighted by Crippen LogP contribution is 1.77. The maximum atomic E-state index is 10.1. The van der Waals surface area contributed by atoms with E-state index in [2.05, 4.69) is 19.4 Å². The van der Waals surface area contributed by atoms with Crippen molar-refractivity contribution in [3.05, 3.63) is 9.81 Å². The van der Waals surface area contributed by atoms with Crippen LogP contribution in [0.1, 0.15) is 13.8 Å². The van der Waals surface area contributed by atoms with E-state index >= 15 is 0 Å². The van der Waals surface area contributed by atoms with Crippen molar-refractivity contribution in [2.24, 2.45) is 0 Å². The van der Waals surface area contributed by atoms with Gasteiger partial charge in [0.2, 0.25) is 0 Å². The van der Waals surface area contributed by atoms with Crippen molar-refractivity contribution >= 4 is 0 Å². The van der Waals surface area contributed by atoms with Gasteiger partial charge in [-0.2, -0.15) is 19.4 Å². The fourth-order valence-corrected chi connectivity index (χ4v) is 0.323. The lowest BCUT2D eigenvalue weighted by Gasteiger charge is -1.84. The maximum Gasteiger partial charge on any atom is 0.477 e. The van der Waals surface area contributed by atoms with E-state index < -0.39 is 0 Å². The van der Waals surface area contributed by atoms with Crippen molar-refractivity contribution in [2.75, 3.05) is 27.4 Å². The lowest BCUT2D eigenvalue weighted by atomic mass is 10.9. The minimum Gasteiger partial charge on any atom is -0.190 e. The van der Waals surface area contributed by atoms with E-state index in [4.69, 9.17) is 0 Å². The van der Waals surface area contributed by atoms with E-state index in [0.29, 0.717) is 13.2 Å². The molecule has 0 heterocycles. The van der Waals surface area contributed by atoms with Gasteiger partial charge in [-0.15, -0.1) is 0 Å². The van der Waals surface area contributed by atoms with Crippen LogP contribution < -0.4 is 0 Å². The molecule has 0 aliphatic rings. The molecular weight excluding hydrogens is 196 g/mol. The summed E-state index contributed by atoms with van der Waals surface area (Å²) in [5.41, 5.74) is 0. The summed E-state index contributed by atoms with van der Waals surface area (Å²) in [6.07, 6.45) is 0. The fourth-order valence-electron chi connectivity index (χ4n) is 0.323. The quantitative estimate of drug-likeness (QED) is 0.598. The van der Waals surface area contributed by atoms with Gasteiger partial charge in [-0.05, 0) is 13.8 Å². The minimum atomic E-state index is 0. The summed E-state index contributed by atoms with van der Waals surface area (Å²) in [7, 11) is 2.44. The minimum absolute atomic E-state index is 0. The third-order valence-corrected chi connectivity index (χ3v) is 0.767. The third kappa shape index (κ3) is 13.0. The molecule has 84 valence electrons. The van der Waals surface area contributed by atoms with E-state index in [-0.39, 0.29) is 10.2 Å². The summed E-state index contributed by atoms with van der Waals surface area (Å²) in [5.74, 6) is 0. The van der Waals surface area contributed by atoms with Gasteiger partial charge in [0.15, 0.2) is 27.4 Å². The summed E-state index contributed by atoms with van der Waals surface area (Å²) < 4.78 is 0. The van der Waals surface area contributed by atoms with Crippen molar-refractivity contribution in [1.29, 1.82) is 0 Å². The number of hydrogen-bond donors (Lipinski definition) is 0. The molecule has 0 amide bonds. The van der Waals surface area contributed by atoms with Crippen LogP contribution in [0.25, 0.3) is 0 Å². The zero-order valence-corrected chi connectivity index (χ0v) is 8.76. The molecule has 0 N–H and O–H groups in total. The molecule has 0 aromatic heterocycles. The van der Waals surface area contributed by atoms with Crippen LogP contribution in [-0.4, -0.2) is 37.6 Å².